The van der Waals surface area contributed by atoms with Crippen LogP contribution in [0.25, 0.3) is 0 Å². The second-order valence-electron chi connectivity index (χ2n) is 5.07. The standard InChI is InChI=1S/C14H26N2O/c1-3-4-5-6-7-10-17-12-14(11-15,16-2)13-8-9-13/h13,16H,3-10,12H2,1-2H3. The van der Waals surface area contributed by atoms with Gasteiger partial charge in [0.15, 0.2) is 0 Å². The van der Waals surface area contributed by atoms with Gasteiger partial charge in [0.2, 0.25) is 0 Å². The molecule has 17 heavy (non-hydrogen) atoms. The van der Waals surface area contributed by atoms with E-state index < -0.39 is 5.54 Å². The predicted octanol–water partition coefficient (Wildman–Crippen LogP) is 2.87. The van der Waals surface area contributed by atoms with Crippen LogP contribution in [0.15, 0.2) is 0 Å². The molecule has 98 valence electrons. The maximum Gasteiger partial charge on any atom is 0.132 e. The highest BCUT2D eigenvalue weighted by molar-refractivity contribution is 5.14. The van der Waals surface area contributed by atoms with Crippen LogP contribution in [0.4, 0.5) is 0 Å². The van der Waals surface area contributed by atoms with Crippen LogP contribution in [0, 0.1) is 17.2 Å². The summed E-state index contributed by atoms with van der Waals surface area (Å²) < 4.78 is 5.68. The Morgan fingerprint density at radius 1 is 1.29 bits per heavy atom. The number of unbranched alkanes of at least 4 members (excludes halogenated alkanes) is 4. The molecule has 0 aromatic rings. The maximum absolute atomic E-state index is 9.27. The van der Waals surface area contributed by atoms with Crippen LogP contribution in [0.5, 0.6) is 0 Å². The van der Waals surface area contributed by atoms with Gasteiger partial charge in [-0.25, -0.2) is 0 Å². The Kier molecular flexibility index (Phi) is 6.54. The summed E-state index contributed by atoms with van der Waals surface area (Å²) in [4.78, 5) is 0. The van der Waals surface area contributed by atoms with Crippen LogP contribution < -0.4 is 5.32 Å². The minimum atomic E-state index is -0.427. The molecule has 0 saturated heterocycles. The van der Waals surface area contributed by atoms with Crippen LogP contribution in [0.1, 0.15) is 51.9 Å². The number of rotatable bonds is 10. The predicted molar refractivity (Wildman–Crippen MR) is 69.7 cm³/mol. The normalized spacial score (nSPS) is 18.6. The summed E-state index contributed by atoms with van der Waals surface area (Å²) in [6, 6.07) is 2.40. The van der Waals surface area contributed by atoms with E-state index in [0.29, 0.717) is 12.5 Å². The van der Waals surface area contributed by atoms with Crippen LogP contribution >= 0.6 is 0 Å². The van der Waals surface area contributed by atoms with Crippen molar-refractivity contribution >= 4 is 0 Å². The van der Waals surface area contributed by atoms with E-state index >= 15 is 0 Å². The molecular weight excluding hydrogens is 212 g/mol. The van der Waals surface area contributed by atoms with Gasteiger partial charge < -0.3 is 10.1 Å². The first-order valence-electron chi connectivity index (χ1n) is 6.97. The summed E-state index contributed by atoms with van der Waals surface area (Å²) in [5.74, 6) is 0.498. The van der Waals surface area contributed by atoms with Gasteiger partial charge in [-0.3, -0.25) is 0 Å². The Labute approximate surface area is 106 Å². The van der Waals surface area contributed by atoms with Crippen LogP contribution in [0.3, 0.4) is 0 Å². The molecule has 1 fully saturated rings. The molecule has 0 radical (unpaired) electrons. The van der Waals surface area contributed by atoms with Crippen molar-refractivity contribution in [2.24, 2.45) is 5.92 Å². The first kappa shape index (κ1) is 14.5. The fraction of sp³-hybridized carbons (Fsp3) is 0.929. The SMILES string of the molecule is CCCCCCCOCC(C#N)(NC)C1CC1. The molecule has 1 aliphatic rings. The zero-order valence-electron chi connectivity index (χ0n) is 11.3. The van der Waals surface area contributed by atoms with Crippen molar-refractivity contribution in [3.8, 4) is 6.07 Å². The molecule has 3 nitrogen and oxygen atoms in total. The highest BCUT2D eigenvalue weighted by Gasteiger charge is 2.44. The molecule has 0 heterocycles. The largest absolute Gasteiger partial charge is 0.378 e. The first-order chi connectivity index (χ1) is 8.29. The van der Waals surface area contributed by atoms with Gasteiger partial charge in [0.1, 0.15) is 5.54 Å². The van der Waals surface area contributed by atoms with E-state index in [-0.39, 0.29) is 0 Å². The van der Waals surface area contributed by atoms with E-state index in [9.17, 15) is 5.26 Å². The Hall–Kier alpha value is -0.590. The van der Waals surface area contributed by atoms with Crippen molar-refractivity contribution in [1.82, 2.24) is 5.32 Å². The molecule has 0 amide bonds. The minimum absolute atomic E-state index is 0.427. The molecule has 1 unspecified atom stereocenters. The molecule has 1 aliphatic carbocycles. The Bertz CT molecular complexity index is 245. The molecule has 1 N–H and O–H groups in total. The van der Waals surface area contributed by atoms with E-state index in [1.165, 1.54) is 25.7 Å². The monoisotopic (exact) mass is 238 g/mol. The Morgan fingerprint density at radius 2 is 2.00 bits per heavy atom. The van der Waals surface area contributed by atoms with Gasteiger partial charge in [-0.2, -0.15) is 5.26 Å². The fourth-order valence-electron chi connectivity index (χ4n) is 2.19. The molecule has 0 aromatic carbocycles. The second kappa shape index (κ2) is 7.68. The highest BCUT2D eigenvalue weighted by Crippen LogP contribution is 2.39. The lowest BCUT2D eigenvalue weighted by molar-refractivity contribution is 0.0811. The third-order valence-corrected chi connectivity index (χ3v) is 3.64. The molecule has 3 heteroatoms. The number of nitrogens with zero attached hydrogens (tertiary/aromatic N) is 1. The quantitative estimate of drug-likeness (QED) is 0.595. The van der Waals surface area contributed by atoms with Gasteiger partial charge in [-0.1, -0.05) is 32.6 Å². The molecule has 0 bridgehead atoms. The molecular formula is C14H26N2O. The number of ether oxygens (including phenoxy) is 1. The lowest BCUT2D eigenvalue weighted by Gasteiger charge is -2.25. The lowest BCUT2D eigenvalue weighted by atomic mass is 9.96. The number of hydrogen-bond acceptors (Lipinski definition) is 3. The van der Waals surface area contributed by atoms with E-state index in [1.54, 1.807) is 0 Å². The average Bonchev–Trinajstić information content (AvgIpc) is 3.18. The van der Waals surface area contributed by atoms with Gasteiger partial charge in [0, 0.05) is 6.61 Å². The van der Waals surface area contributed by atoms with Gasteiger partial charge in [-0.15, -0.1) is 0 Å². The molecule has 0 spiro atoms. The van der Waals surface area contributed by atoms with Crippen molar-refractivity contribution in [1.29, 1.82) is 5.26 Å². The van der Waals surface area contributed by atoms with Gasteiger partial charge in [0.05, 0.1) is 12.7 Å². The van der Waals surface area contributed by atoms with E-state index in [2.05, 4.69) is 18.3 Å². The number of nitriles is 1. The maximum atomic E-state index is 9.27. The summed E-state index contributed by atoms with van der Waals surface area (Å²) in [6.45, 7) is 3.56. The fourth-order valence-corrected chi connectivity index (χ4v) is 2.19. The topological polar surface area (TPSA) is 45.0 Å². The second-order valence-corrected chi connectivity index (χ2v) is 5.07. The number of likely N-dealkylation sites (N-methyl/N-ethyl adjacent to an activating group) is 1. The summed E-state index contributed by atoms with van der Waals surface area (Å²) in [7, 11) is 1.87. The smallest absolute Gasteiger partial charge is 0.132 e. The van der Waals surface area contributed by atoms with E-state index in [4.69, 9.17) is 4.74 Å². The Morgan fingerprint density at radius 3 is 2.53 bits per heavy atom. The molecule has 0 aromatic heterocycles. The summed E-state index contributed by atoms with van der Waals surface area (Å²) in [5, 5.41) is 12.4. The zero-order valence-corrected chi connectivity index (χ0v) is 11.3. The zero-order chi connectivity index (χ0) is 12.6. The third kappa shape index (κ3) is 4.65. The number of hydrogen-bond donors (Lipinski definition) is 1. The van der Waals surface area contributed by atoms with E-state index in [1.807, 2.05) is 7.05 Å². The molecule has 1 rings (SSSR count). The summed E-state index contributed by atoms with van der Waals surface area (Å²) in [5.41, 5.74) is -0.427. The summed E-state index contributed by atoms with van der Waals surface area (Å²) >= 11 is 0. The van der Waals surface area contributed by atoms with Crippen molar-refractivity contribution in [3.05, 3.63) is 0 Å². The van der Waals surface area contributed by atoms with Crippen LogP contribution in [-0.4, -0.2) is 25.8 Å². The van der Waals surface area contributed by atoms with Crippen molar-refractivity contribution in [2.45, 2.75) is 57.4 Å². The minimum Gasteiger partial charge on any atom is -0.378 e. The molecule has 1 atom stereocenters. The highest BCUT2D eigenvalue weighted by atomic mass is 16.5. The molecule has 1 saturated carbocycles. The average molecular weight is 238 g/mol. The van der Waals surface area contributed by atoms with Gasteiger partial charge in [0.25, 0.3) is 0 Å². The van der Waals surface area contributed by atoms with Crippen LogP contribution in [-0.2, 0) is 4.74 Å². The van der Waals surface area contributed by atoms with Crippen molar-refractivity contribution in [2.75, 3.05) is 20.3 Å². The third-order valence-electron chi connectivity index (χ3n) is 3.64. The molecule has 0 aliphatic heterocycles. The number of nitrogens with one attached hydrogen (secondary N) is 1. The Balaban J connectivity index is 2.09. The first-order valence-corrected chi connectivity index (χ1v) is 6.97. The van der Waals surface area contributed by atoms with E-state index in [0.717, 1.165) is 25.9 Å². The summed E-state index contributed by atoms with van der Waals surface area (Å²) in [6.07, 6.45) is 8.59. The van der Waals surface area contributed by atoms with Gasteiger partial charge in [-0.05, 0) is 32.2 Å². The van der Waals surface area contributed by atoms with Crippen LogP contribution in [0.2, 0.25) is 0 Å². The van der Waals surface area contributed by atoms with Crippen molar-refractivity contribution < 1.29 is 4.74 Å². The lowest BCUT2D eigenvalue weighted by Crippen LogP contribution is -2.48. The van der Waals surface area contributed by atoms with Crippen molar-refractivity contribution in [3.63, 3.8) is 0 Å². The van der Waals surface area contributed by atoms with Gasteiger partial charge >= 0.3 is 0 Å².